The maximum absolute atomic E-state index is 11.1. The third-order valence-electron chi connectivity index (χ3n) is 3.29. The fraction of sp³-hybridized carbons (Fsp3) is 0.143. The van der Waals surface area contributed by atoms with Gasteiger partial charge in [0.15, 0.2) is 0 Å². The molecule has 0 aliphatic rings. The average Bonchev–Trinajstić information content (AvgIpc) is 2.59. The molecule has 0 heterocycles. The number of non-ortho nitro benzene ring substituents is 2. The predicted molar refractivity (Wildman–Crippen MR) is 93.6 cm³/mol. The van der Waals surface area contributed by atoms with E-state index in [2.05, 4.69) is 0 Å². The van der Waals surface area contributed by atoms with Crippen LogP contribution in [0.5, 0.6) is 11.5 Å². The molecule has 0 amide bonds. The topological polar surface area (TPSA) is 219 Å². The van der Waals surface area contributed by atoms with E-state index in [0.717, 1.165) is 12.1 Å². The van der Waals surface area contributed by atoms with E-state index in [0.29, 0.717) is 12.1 Å². The summed E-state index contributed by atoms with van der Waals surface area (Å²) in [5.74, 6) is -1.58. The third kappa shape index (κ3) is 6.30. The Morgan fingerprint density at radius 2 is 0.862 bits per heavy atom. The van der Waals surface area contributed by atoms with E-state index in [1.165, 1.54) is 13.8 Å². The van der Waals surface area contributed by atoms with E-state index in [1.54, 1.807) is 0 Å². The fourth-order valence-electron chi connectivity index (χ4n) is 1.96. The van der Waals surface area contributed by atoms with E-state index in [1.807, 2.05) is 0 Å². The van der Waals surface area contributed by atoms with Gasteiger partial charge in [0, 0.05) is 12.1 Å². The molecule has 14 nitrogen and oxygen atoms in total. The molecule has 0 atom stereocenters. The van der Waals surface area contributed by atoms with Gasteiger partial charge in [-0.3, -0.25) is 40.5 Å². The second-order valence-corrected chi connectivity index (χ2v) is 5.25. The van der Waals surface area contributed by atoms with Crippen LogP contribution in [0.1, 0.15) is 11.1 Å². The van der Waals surface area contributed by atoms with Crippen molar-refractivity contribution in [3.8, 4) is 11.5 Å². The Labute approximate surface area is 181 Å². The minimum atomic E-state index is -0.928. The van der Waals surface area contributed by atoms with Crippen molar-refractivity contribution in [3.63, 3.8) is 0 Å². The Hall–Kier alpha value is -3.44. The molecule has 0 spiro atoms. The number of hydrogen-bond acceptors (Lipinski definition) is 10. The number of nitro benzene ring substituents is 4. The molecule has 0 saturated heterocycles. The Balaban J connectivity index is 0.000000523. The van der Waals surface area contributed by atoms with Crippen LogP contribution in [0.4, 0.5) is 22.7 Å². The molecule has 2 rings (SSSR count). The van der Waals surface area contributed by atoms with Crippen LogP contribution in [0.2, 0.25) is 0 Å². The number of nitrogens with zero attached hydrogens (tertiary/aromatic N) is 4. The van der Waals surface area contributed by atoms with Gasteiger partial charge in [0.25, 0.3) is 22.7 Å². The molecule has 2 aromatic rings. The molecule has 2 aromatic carbocycles. The van der Waals surface area contributed by atoms with Crippen molar-refractivity contribution in [2.45, 2.75) is 13.8 Å². The van der Waals surface area contributed by atoms with Crippen LogP contribution in [-0.4, -0.2) is 47.0 Å². The van der Waals surface area contributed by atoms with Gasteiger partial charge in [0.2, 0.25) is 0 Å². The molecule has 0 aliphatic heterocycles. The SMILES string of the molecule is Cc1cc([N+](=O)[O-])cc([N+](=O)[O-])c1[O-].Cc1cc([N+](=O)[O-])cc([N+](=O)[O-])c1[O-].[Pb+2]. The van der Waals surface area contributed by atoms with Crippen LogP contribution in [-0.2, 0) is 0 Å². The minimum absolute atomic E-state index is 0. The maximum atomic E-state index is 11.1. The number of benzene rings is 2. The van der Waals surface area contributed by atoms with Crippen molar-refractivity contribution in [3.05, 3.63) is 75.8 Å². The van der Waals surface area contributed by atoms with Gasteiger partial charge in [-0.05, 0) is 36.5 Å². The van der Waals surface area contributed by atoms with E-state index >= 15 is 0 Å². The molecular formula is C14H10N4O10Pb. The molecule has 0 aromatic heterocycles. The van der Waals surface area contributed by atoms with Crippen molar-refractivity contribution in [2.24, 2.45) is 0 Å². The summed E-state index contributed by atoms with van der Waals surface area (Å²) in [4.78, 5) is 37.9. The summed E-state index contributed by atoms with van der Waals surface area (Å²) in [6, 6.07) is 3.34. The summed E-state index contributed by atoms with van der Waals surface area (Å²) in [5, 5.41) is 63.5. The van der Waals surface area contributed by atoms with Crippen molar-refractivity contribution in [1.29, 1.82) is 0 Å². The van der Waals surface area contributed by atoms with E-state index in [9.17, 15) is 50.7 Å². The molecule has 15 heteroatoms. The number of aryl methyl sites for hydroxylation is 2. The van der Waals surface area contributed by atoms with Gasteiger partial charge in [0.05, 0.1) is 31.8 Å². The number of nitro groups is 4. The second-order valence-electron chi connectivity index (χ2n) is 5.25. The van der Waals surface area contributed by atoms with Crippen molar-refractivity contribution in [2.75, 3.05) is 0 Å². The van der Waals surface area contributed by atoms with Gasteiger partial charge >= 0.3 is 27.3 Å². The van der Waals surface area contributed by atoms with Crippen molar-refractivity contribution < 1.29 is 29.9 Å². The normalized spacial score (nSPS) is 9.45. The zero-order valence-corrected chi connectivity index (χ0v) is 18.6. The summed E-state index contributed by atoms with van der Waals surface area (Å²) in [5.41, 5.74) is -2.45. The van der Waals surface area contributed by atoms with Crippen LogP contribution in [0.15, 0.2) is 24.3 Å². The van der Waals surface area contributed by atoms with Crippen LogP contribution < -0.4 is 10.2 Å². The molecule has 0 N–H and O–H groups in total. The van der Waals surface area contributed by atoms with Gasteiger partial charge in [-0.25, -0.2) is 0 Å². The summed E-state index contributed by atoms with van der Waals surface area (Å²) < 4.78 is 0. The number of hydrogen-bond donors (Lipinski definition) is 0. The summed E-state index contributed by atoms with van der Waals surface area (Å²) in [6.07, 6.45) is 0. The number of rotatable bonds is 4. The first-order valence-electron chi connectivity index (χ1n) is 7.07. The molecular weight excluding hydrogens is 591 g/mol. The smallest absolute Gasteiger partial charge is 0.868 e. The molecule has 0 aliphatic carbocycles. The van der Waals surface area contributed by atoms with Crippen LogP contribution in [0, 0.1) is 54.3 Å². The molecule has 2 radical (unpaired) electrons. The fourth-order valence-corrected chi connectivity index (χ4v) is 1.96. The van der Waals surface area contributed by atoms with Gasteiger partial charge in [-0.15, -0.1) is 0 Å². The predicted octanol–water partition coefficient (Wildman–Crippen LogP) is 1.39. The van der Waals surface area contributed by atoms with Gasteiger partial charge < -0.3 is 10.2 Å². The Kier molecular flexibility index (Phi) is 8.99. The molecule has 150 valence electrons. The molecule has 0 saturated carbocycles. The van der Waals surface area contributed by atoms with Gasteiger partial charge in [-0.2, -0.15) is 0 Å². The Bertz CT molecular complexity index is 915. The largest absolute Gasteiger partial charge is 2.00 e. The average molecular weight is 601 g/mol. The quantitative estimate of drug-likeness (QED) is 0.278. The second kappa shape index (κ2) is 10.2. The van der Waals surface area contributed by atoms with Crippen molar-refractivity contribution >= 4 is 50.0 Å². The molecule has 29 heavy (non-hydrogen) atoms. The summed E-state index contributed by atoms with van der Waals surface area (Å²) in [6.45, 7) is 2.59. The third-order valence-corrected chi connectivity index (χ3v) is 3.29. The van der Waals surface area contributed by atoms with Crippen molar-refractivity contribution in [1.82, 2.24) is 0 Å². The van der Waals surface area contributed by atoms with Gasteiger partial charge in [-0.1, -0.05) is 0 Å². The maximum Gasteiger partial charge on any atom is 2.00 e. The van der Waals surface area contributed by atoms with Gasteiger partial charge in [0.1, 0.15) is 0 Å². The summed E-state index contributed by atoms with van der Waals surface area (Å²) >= 11 is 0. The molecule has 0 unspecified atom stereocenters. The molecule has 0 fully saturated rings. The van der Waals surface area contributed by atoms with Crippen LogP contribution in [0.25, 0.3) is 0 Å². The van der Waals surface area contributed by atoms with E-state index in [-0.39, 0.29) is 38.4 Å². The first-order valence-corrected chi connectivity index (χ1v) is 7.07. The Morgan fingerprint density at radius 1 is 0.586 bits per heavy atom. The standard InChI is InChI=1S/2C7H6N2O5.Pb/c2*1-4-2-5(8(11)12)3-6(7(4)10)9(13)14;/h2*2-3,10H,1H3;/q;;+2/p-2. The first kappa shape index (κ1) is 25.6. The zero-order valence-electron chi connectivity index (χ0n) is 14.7. The monoisotopic (exact) mass is 602 g/mol. The van der Waals surface area contributed by atoms with E-state index in [4.69, 9.17) is 0 Å². The van der Waals surface area contributed by atoms with Crippen LogP contribution >= 0.6 is 0 Å². The Morgan fingerprint density at radius 3 is 1.07 bits per heavy atom. The zero-order chi connectivity index (χ0) is 21.8. The summed E-state index contributed by atoms with van der Waals surface area (Å²) in [7, 11) is 0. The van der Waals surface area contributed by atoms with E-state index < -0.39 is 53.9 Å². The minimum Gasteiger partial charge on any atom is -0.868 e. The first-order chi connectivity index (χ1) is 12.9. The molecule has 0 bridgehead atoms. The van der Waals surface area contributed by atoms with Crippen LogP contribution in [0.3, 0.4) is 0 Å².